The third-order valence-corrected chi connectivity index (χ3v) is 6.50. The highest BCUT2D eigenvalue weighted by Gasteiger charge is 2.30. The van der Waals surface area contributed by atoms with Gasteiger partial charge in [-0.15, -0.1) is 11.8 Å². The lowest BCUT2D eigenvalue weighted by molar-refractivity contribution is -0.139. The first-order valence-corrected chi connectivity index (χ1v) is 12.9. The fourth-order valence-corrected chi connectivity index (χ4v) is 4.61. The molecule has 1 atom stereocenters. The molecule has 0 aliphatic carbocycles. The third kappa shape index (κ3) is 8.07. The molecule has 3 rings (SSSR count). The molecule has 0 saturated heterocycles. The van der Waals surface area contributed by atoms with Crippen LogP contribution in [0.3, 0.4) is 0 Å². The second-order valence-electron chi connectivity index (χ2n) is 8.85. The third-order valence-electron chi connectivity index (χ3n) is 5.51. The fourth-order valence-electron chi connectivity index (χ4n) is 3.74. The van der Waals surface area contributed by atoms with Gasteiger partial charge in [-0.05, 0) is 37.5 Å². The van der Waals surface area contributed by atoms with Gasteiger partial charge >= 0.3 is 0 Å². The van der Waals surface area contributed by atoms with Gasteiger partial charge in [0, 0.05) is 24.8 Å². The smallest absolute Gasteiger partial charge is 0.243 e. The Balaban J connectivity index is 1.81. The van der Waals surface area contributed by atoms with E-state index in [9.17, 15) is 9.59 Å². The number of carbonyl (C=O) groups is 2. The summed E-state index contributed by atoms with van der Waals surface area (Å²) in [5.74, 6) is 0.931. The van der Waals surface area contributed by atoms with Crippen molar-refractivity contribution in [3.8, 4) is 0 Å². The molecule has 0 unspecified atom stereocenters. The fraction of sp³-hybridized carbons (Fsp3) is 0.310. The molecule has 2 amide bonds. The molecule has 0 spiro atoms. The molecule has 3 aromatic carbocycles. The van der Waals surface area contributed by atoms with E-state index in [1.165, 1.54) is 11.1 Å². The second-order valence-corrected chi connectivity index (χ2v) is 9.84. The molecule has 0 fully saturated rings. The molecular weight excluding hydrogens is 440 g/mol. The highest BCUT2D eigenvalue weighted by Crippen LogP contribution is 2.19. The minimum Gasteiger partial charge on any atom is -0.352 e. The van der Waals surface area contributed by atoms with Crippen LogP contribution in [0.4, 0.5) is 0 Å². The first-order valence-electron chi connectivity index (χ1n) is 11.7. The van der Waals surface area contributed by atoms with Crippen LogP contribution in [0.5, 0.6) is 0 Å². The number of benzene rings is 3. The van der Waals surface area contributed by atoms with E-state index >= 15 is 0 Å². The van der Waals surface area contributed by atoms with E-state index in [0.29, 0.717) is 18.7 Å². The van der Waals surface area contributed by atoms with E-state index < -0.39 is 6.04 Å². The number of nitrogens with zero attached hydrogens (tertiary/aromatic N) is 1. The van der Waals surface area contributed by atoms with Gasteiger partial charge in [-0.1, -0.05) is 90.5 Å². The Morgan fingerprint density at radius 1 is 0.824 bits per heavy atom. The van der Waals surface area contributed by atoms with E-state index in [1.54, 1.807) is 16.7 Å². The lowest BCUT2D eigenvalue weighted by Gasteiger charge is -2.32. The molecule has 4 nitrogen and oxygen atoms in total. The minimum atomic E-state index is -0.586. The Morgan fingerprint density at radius 3 is 2.00 bits per heavy atom. The average molecular weight is 475 g/mol. The molecule has 34 heavy (non-hydrogen) atoms. The molecule has 0 bridgehead atoms. The standard InChI is InChI=1S/C29H34N2O2S/c1-22(2)30-29(33)27(18-24-10-6-4-7-11-24)31(19-25-12-8-5-9-13-25)28(32)21-34-20-26-16-14-23(3)15-17-26/h4-17,22,27H,18-21H2,1-3H3,(H,30,33)/t27-/m0/s1. The molecule has 0 heterocycles. The predicted molar refractivity (Wildman–Crippen MR) is 142 cm³/mol. The average Bonchev–Trinajstić information content (AvgIpc) is 2.83. The highest BCUT2D eigenvalue weighted by molar-refractivity contribution is 7.99. The minimum absolute atomic E-state index is 0.00429. The van der Waals surface area contributed by atoms with Crippen LogP contribution in [0.15, 0.2) is 84.9 Å². The van der Waals surface area contributed by atoms with E-state index in [2.05, 4.69) is 36.5 Å². The molecule has 0 radical (unpaired) electrons. The number of thioether (sulfide) groups is 1. The first kappa shape index (κ1) is 25.6. The molecule has 0 aromatic heterocycles. The normalized spacial score (nSPS) is 11.8. The maximum absolute atomic E-state index is 13.5. The number of hydrogen-bond donors (Lipinski definition) is 1. The Morgan fingerprint density at radius 2 is 1.41 bits per heavy atom. The number of hydrogen-bond acceptors (Lipinski definition) is 3. The highest BCUT2D eigenvalue weighted by atomic mass is 32.2. The molecular formula is C29H34N2O2S. The lowest BCUT2D eigenvalue weighted by Crippen LogP contribution is -2.52. The van der Waals surface area contributed by atoms with Gasteiger partial charge in [0.25, 0.3) is 0 Å². The summed E-state index contributed by atoms with van der Waals surface area (Å²) >= 11 is 1.59. The molecule has 0 aliphatic heterocycles. The number of aryl methyl sites for hydroxylation is 1. The van der Waals surface area contributed by atoms with Crippen molar-refractivity contribution in [2.24, 2.45) is 0 Å². The Bertz CT molecular complexity index is 1040. The molecule has 1 N–H and O–H groups in total. The maximum Gasteiger partial charge on any atom is 0.243 e. The number of carbonyl (C=O) groups excluding carboxylic acids is 2. The van der Waals surface area contributed by atoms with Gasteiger partial charge in [-0.2, -0.15) is 0 Å². The summed E-state index contributed by atoms with van der Waals surface area (Å²) in [6.45, 7) is 6.35. The quantitative estimate of drug-likeness (QED) is 0.405. The Labute approximate surface area is 207 Å². The largest absolute Gasteiger partial charge is 0.352 e. The summed E-state index contributed by atoms with van der Waals surface area (Å²) in [5, 5.41) is 3.03. The number of amides is 2. The van der Waals surface area contributed by atoms with Crippen molar-refractivity contribution >= 4 is 23.6 Å². The zero-order valence-electron chi connectivity index (χ0n) is 20.2. The first-order chi connectivity index (χ1) is 16.4. The summed E-state index contributed by atoms with van der Waals surface area (Å²) in [6, 6.07) is 27.6. The van der Waals surface area contributed by atoms with Gasteiger partial charge in [0.05, 0.1) is 5.75 Å². The van der Waals surface area contributed by atoms with E-state index in [1.807, 2.05) is 74.5 Å². The van der Waals surface area contributed by atoms with Crippen LogP contribution in [0.1, 0.15) is 36.1 Å². The van der Waals surface area contributed by atoms with Crippen LogP contribution in [-0.4, -0.2) is 34.6 Å². The maximum atomic E-state index is 13.5. The van der Waals surface area contributed by atoms with Crippen LogP contribution in [0.2, 0.25) is 0 Å². The van der Waals surface area contributed by atoms with Gasteiger partial charge in [-0.3, -0.25) is 9.59 Å². The van der Waals surface area contributed by atoms with Gasteiger partial charge in [0.2, 0.25) is 11.8 Å². The van der Waals surface area contributed by atoms with Gasteiger partial charge in [0.1, 0.15) is 6.04 Å². The number of nitrogens with one attached hydrogen (secondary N) is 1. The van der Waals surface area contributed by atoms with Crippen LogP contribution >= 0.6 is 11.8 Å². The molecule has 0 aliphatic rings. The monoisotopic (exact) mass is 474 g/mol. The van der Waals surface area contributed by atoms with Crippen molar-refractivity contribution in [2.45, 2.75) is 51.6 Å². The Hall–Kier alpha value is -3.05. The predicted octanol–water partition coefficient (Wildman–Crippen LogP) is 5.39. The lowest BCUT2D eigenvalue weighted by atomic mass is 10.0. The summed E-state index contributed by atoms with van der Waals surface area (Å²) in [7, 11) is 0. The molecule has 3 aromatic rings. The van der Waals surface area contributed by atoms with Crippen molar-refractivity contribution in [1.29, 1.82) is 0 Å². The zero-order valence-corrected chi connectivity index (χ0v) is 21.1. The van der Waals surface area contributed by atoms with Crippen LogP contribution in [0, 0.1) is 6.92 Å². The molecule has 5 heteroatoms. The van der Waals surface area contributed by atoms with Gasteiger partial charge < -0.3 is 10.2 Å². The number of rotatable bonds is 11. The van der Waals surface area contributed by atoms with Crippen LogP contribution in [0.25, 0.3) is 0 Å². The zero-order chi connectivity index (χ0) is 24.3. The SMILES string of the molecule is Cc1ccc(CSCC(=O)N(Cc2ccccc2)[C@@H](Cc2ccccc2)C(=O)NC(C)C)cc1. The Kier molecular flexibility index (Phi) is 9.77. The summed E-state index contributed by atoms with van der Waals surface area (Å²) in [6.07, 6.45) is 0.473. The van der Waals surface area contributed by atoms with Gasteiger partial charge in [-0.25, -0.2) is 0 Å². The van der Waals surface area contributed by atoms with E-state index in [4.69, 9.17) is 0 Å². The van der Waals surface area contributed by atoms with Crippen molar-refractivity contribution < 1.29 is 9.59 Å². The van der Waals surface area contributed by atoms with Gasteiger partial charge in [0.15, 0.2) is 0 Å². The van der Waals surface area contributed by atoms with Crippen LogP contribution < -0.4 is 5.32 Å². The topological polar surface area (TPSA) is 49.4 Å². The molecule has 0 saturated carbocycles. The second kappa shape index (κ2) is 13.0. The van der Waals surface area contributed by atoms with Crippen molar-refractivity contribution in [3.63, 3.8) is 0 Å². The van der Waals surface area contributed by atoms with Crippen molar-refractivity contribution in [2.75, 3.05) is 5.75 Å². The van der Waals surface area contributed by atoms with Crippen molar-refractivity contribution in [3.05, 3.63) is 107 Å². The summed E-state index contributed by atoms with van der Waals surface area (Å²) in [5.41, 5.74) is 4.45. The van der Waals surface area contributed by atoms with Crippen LogP contribution in [-0.2, 0) is 28.3 Å². The summed E-state index contributed by atoms with van der Waals surface area (Å²) < 4.78 is 0. The van der Waals surface area contributed by atoms with Crippen molar-refractivity contribution in [1.82, 2.24) is 10.2 Å². The summed E-state index contributed by atoms with van der Waals surface area (Å²) in [4.78, 5) is 28.6. The molecule has 178 valence electrons. The van der Waals surface area contributed by atoms with E-state index in [0.717, 1.165) is 16.9 Å². The van der Waals surface area contributed by atoms with E-state index in [-0.39, 0.29) is 17.9 Å².